The van der Waals surface area contributed by atoms with E-state index in [1.54, 1.807) is 11.8 Å². The number of aliphatic hydroxyl groups is 1. The second kappa shape index (κ2) is 3.22. The Balaban J connectivity index is 2.61. The summed E-state index contributed by atoms with van der Waals surface area (Å²) in [5, 5.41) is 8.96. The van der Waals surface area contributed by atoms with Gasteiger partial charge in [0.25, 0.3) is 0 Å². The Morgan fingerprint density at radius 3 is 2.73 bits per heavy atom. The van der Waals surface area contributed by atoms with Crippen molar-refractivity contribution in [1.29, 1.82) is 0 Å². The molecule has 1 rings (SSSR count). The molecule has 0 radical (unpaired) electrons. The van der Waals surface area contributed by atoms with Crippen LogP contribution in [0.1, 0.15) is 20.3 Å². The Morgan fingerprint density at radius 2 is 2.36 bits per heavy atom. The molecule has 0 saturated carbocycles. The van der Waals surface area contributed by atoms with E-state index in [1.165, 1.54) is 0 Å². The lowest BCUT2D eigenvalue weighted by atomic mass is 10.0. The van der Waals surface area contributed by atoms with Gasteiger partial charge in [0.05, 0.1) is 12.6 Å². The van der Waals surface area contributed by atoms with Crippen molar-refractivity contribution in [2.45, 2.75) is 26.3 Å². The molecule has 0 spiro atoms. The summed E-state index contributed by atoms with van der Waals surface area (Å²) < 4.78 is 0. The predicted molar refractivity (Wildman–Crippen MR) is 42.0 cm³/mol. The Bertz CT molecular complexity index is 158. The molecule has 0 aromatic carbocycles. The van der Waals surface area contributed by atoms with Gasteiger partial charge >= 0.3 is 0 Å². The van der Waals surface area contributed by atoms with Gasteiger partial charge in [-0.15, -0.1) is 0 Å². The van der Waals surface area contributed by atoms with Crippen LogP contribution < -0.4 is 0 Å². The number of hydrogen-bond acceptors (Lipinski definition) is 2. The summed E-state index contributed by atoms with van der Waals surface area (Å²) in [4.78, 5) is 12.7. The number of amides is 1. The van der Waals surface area contributed by atoms with Gasteiger partial charge in [0.2, 0.25) is 5.91 Å². The second-order valence-electron chi connectivity index (χ2n) is 3.23. The van der Waals surface area contributed by atoms with Crippen LogP contribution in [0.2, 0.25) is 0 Å². The molecule has 3 heteroatoms. The minimum absolute atomic E-state index is 0.0625. The van der Waals surface area contributed by atoms with Crippen LogP contribution in [0.3, 0.4) is 0 Å². The fraction of sp³-hybridized carbons (Fsp3) is 0.875. The van der Waals surface area contributed by atoms with Gasteiger partial charge in [0, 0.05) is 13.5 Å². The number of hydrogen-bond donors (Lipinski definition) is 1. The monoisotopic (exact) mass is 157 g/mol. The van der Waals surface area contributed by atoms with Crippen LogP contribution >= 0.6 is 0 Å². The zero-order valence-electron chi connectivity index (χ0n) is 7.08. The van der Waals surface area contributed by atoms with Crippen molar-refractivity contribution < 1.29 is 9.90 Å². The van der Waals surface area contributed by atoms with Crippen molar-refractivity contribution in [1.82, 2.24) is 4.90 Å². The molecule has 0 aromatic rings. The number of likely N-dealkylation sites (tertiary alicyclic amines) is 1. The molecule has 1 saturated heterocycles. The Labute approximate surface area is 67.0 Å². The van der Waals surface area contributed by atoms with Gasteiger partial charge in [-0.25, -0.2) is 0 Å². The fourth-order valence-corrected chi connectivity index (χ4v) is 1.68. The molecule has 2 atom stereocenters. The molecule has 1 aliphatic heterocycles. The number of carbonyl (C=O) groups excluding carboxylic acids is 1. The molecule has 1 N–H and O–H groups in total. The first-order valence-corrected chi connectivity index (χ1v) is 4.05. The molecule has 1 amide bonds. The Kier molecular flexibility index (Phi) is 2.49. The normalized spacial score (nSPS) is 31.0. The zero-order valence-corrected chi connectivity index (χ0v) is 7.08. The summed E-state index contributed by atoms with van der Waals surface area (Å²) >= 11 is 0. The maximum absolute atomic E-state index is 11.0. The first-order valence-electron chi connectivity index (χ1n) is 4.05. The van der Waals surface area contributed by atoms with Gasteiger partial charge in [-0.05, 0) is 12.3 Å². The topological polar surface area (TPSA) is 40.5 Å². The second-order valence-corrected chi connectivity index (χ2v) is 3.23. The first kappa shape index (κ1) is 8.53. The predicted octanol–water partition coefficient (Wildman–Crippen LogP) is 0.236. The number of nitrogens with zero attached hydrogens (tertiary/aromatic N) is 1. The Hall–Kier alpha value is -0.570. The smallest absolute Gasteiger partial charge is 0.219 e. The molecule has 0 unspecified atom stereocenters. The first-order chi connectivity index (χ1) is 5.16. The molecule has 11 heavy (non-hydrogen) atoms. The molecule has 1 heterocycles. The Morgan fingerprint density at radius 1 is 1.73 bits per heavy atom. The quantitative estimate of drug-likeness (QED) is 0.592. The summed E-state index contributed by atoms with van der Waals surface area (Å²) in [6.07, 6.45) is 1.02. The van der Waals surface area contributed by atoms with Gasteiger partial charge < -0.3 is 10.0 Å². The average molecular weight is 157 g/mol. The average Bonchev–Trinajstić information content (AvgIpc) is 2.30. The molecule has 0 aromatic heterocycles. The van der Waals surface area contributed by atoms with Gasteiger partial charge in [0.15, 0.2) is 0 Å². The number of aliphatic hydroxyl groups excluding tert-OH is 1. The van der Waals surface area contributed by atoms with Crippen molar-refractivity contribution >= 4 is 5.91 Å². The largest absolute Gasteiger partial charge is 0.394 e. The third kappa shape index (κ3) is 1.53. The molecule has 1 fully saturated rings. The van der Waals surface area contributed by atoms with E-state index in [4.69, 9.17) is 5.11 Å². The SMILES string of the molecule is CC(=O)N1CC[C@@H](C)[C@H]1CO. The third-order valence-corrected chi connectivity index (χ3v) is 2.47. The van der Waals surface area contributed by atoms with Crippen LogP contribution in [0.5, 0.6) is 0 Å². The van der Waals surface area contributed by atoms with Crippen LogP contribution in [0.25, 0.3) is 0 Å². The maximum Gasteiger partial charge on any atom is 0.219 e. The van der Waals surface area contributed by atoms with E-state index in [0.29, 0.717) is 5.92 Å². The molecule has 1 aliphatic rings. The van der Waals surface area contributed by atoms with E-state index < -0.39 is 0 Å². The third-order valence-electron chi connectivity index (χ3n) is 2.47. The zero-order chi connectivity index (χ0) is 8.43. The van der Waals surface area contributed by atoms with E-state index in [2.05, 4.69) is 6.92 Å². The van der Waals surface area contributed by atoms with Gasteiger partial charge in [-0.2, -0.15) is 0 Å². The highest BCUT2D eigenvalue weighted by molar-refractivity contribution is 5.74. The van der Waals surface area contributed by atoms with Gasteiger partial charge in [-0.3, -0.25) is 4.79 Å². The lowest BCUT2D eigenvalue weighted by Crippen LogP contribution is -2.38. The van der Waals surface area contributed by atoms with Crippen LogP contribution in [0.15, 0.2) is 0 Å². The van der Waals surface area contributed by atoms with E-state index >= 15 is 0 Å². The molecule has 3 nitrogen and oxygen atoms in total. The highest BCUT2D eigenvalue weighted by atomic mass is 16.3. The standard InChI is InChI=1S/C8H15NO2/c1-6-3-4-9(7(2)11)8(6)5-10/h6,8,10H,3-5H2,1-2H3/t6-,8-/m1/s1. The van der Waals surface area contributed by atoms with Gasteiger partial charge in [0.1, 0.15) is 0 Å². The van der Waals surface area contributed by atoms with E-state index in [-0.39, 0.29) is 18.6 Å². The van der Waals surface area contributed by atoms with Crippen LogP contribution in [0, 0.1) is 5.92 Å². The minimum Gasteiger partial charge on any atom is -0.394 e. The highest BCUT2D eigenvalue weighted by Gasteiger charge is 2.31. The van der Waals surface area contributed by atoms with E-state index in [0.717, 1.165) is 13.0 Å². The molecular weight excluding hydrogens is 142 g/mol. The molecule has 0 bridgehead atoms. The molecule has 64 valence electrons. The van der Waals surface area contributed by atoms with Crippen molar-refractivity contribution in [3.8, 4) is 0 Å². The summed E-state index contributed by atoms with van der Waals surface area (Å²) in [6.45, 7) is 4.53. The van der Waals surface area contributed by atoms with Crippen LogP contribution in [0.4, 0.5) is 0 Å². The minimum atomic E-state index is 0.0625. The van der Waals surface area contributed by atoms with Crippen molar-refractivity contribution in [2.75, 3.05) is 13.2 Å². The number of carbonyl (C=O) groups is 1. The summed E-state index contributed by atoms with van der Waals surface area (Å²) in [7, 11) is 0. The summed E-state index contributed by atoms with van der Waals surface area (Å²) in [5.41, 5.74) is 0. The van der Waals surface area contributed by atoms with Crippen molar-refractivity contribution in [3.05, 3.63) is 0 Å². The lowest BCUT2D eigenvalue weighted by Gasteiger charge is -2.23. The highest BCUT2D eigenvalue weighted by Crippen LogP contribution is 2.22. The summed E-state index contributed by atoms with van der Waals surface area (Å²) in [6, 6.07) is 0.0625. The maximum atomic E-state index is 11.0. The van der Waals surface area contributed by atoms with Crippen molar-refractivity contribution in [2.24, 2.45) is 5.92 Å². The van der Waals surface area contributed by atoms with Crippen LogP contribution in [-0.4, -0.2) is 35.1 Å². The summed E-state index contributed by atoms with van der Waals surface area (Å²) in [5.74, 6) is 0.525. The van der Waals surface area contributed by atoms with E-state index in [9.17, 15) is 4.79 Å². The fourth-order valence-electron chi connectivity index (χ4n) is 1.68. The molecular formula is C8H15NO2. The van der Waals surface area contributed by atoms with E-state index in [1.807, 2.05) is 0 Å². The van der Waals surface area contributed by atoms with Crippen LogP contribution in [-0.2, 0) is 4.79 Å². The molecule has 0 aliphatic carbocycles. The lowest BCUT2D eigenvalue weighted by molar-refractivity contribution is -0.130. The van der Waals surface area contributed by atoms with Gasteiger partial charge in [-0.1, -0.05) is 6.92 Å². The number of rotatable bonds is 1. The van der Waals surface area contributed by atoms with Crippen molar-refractivity contribution in [3.63, 3.8) is 0 Å².